The summed E-state index contributed by atoms with van der Waals surface area (Å²) in [4.78, 5) is 3.93. The number of nitrogens with one attached hydrogen (secondary N) is 1. The van der Waals surface area contributed by atoms with Gasteiger partial charge < -0.3 is 0 Å². The molecule has 0 amide bonds. The van der Waals surface area contributed by atoms with Gasteiger partial charge in [-0.15, -0.1) is 0 Å². The lowest BCUT2D eigenvalue weighted by molar-refractivity contribution is 0.592. The highest BCUT2D eigenvalue weighted by Gasteiger charge is 2.18. The third-order valence-electron chi connectivity index (χ3n) is 3.31. The minimum atomic E-state index is -3.71. The zero-order chi connectivity index (χ0) is 16.4. The largest absolute Gasteiger partial charge is 0.276 e. The first-order chi connectivity index (χ1) is 11.0. The van der Waals surface area contributed by atoms with Gasteiger partial charge in [-0.1, -0.05) is 48.0 Å². The number of nitrogens with zero attached hydrogens (tertiary/aromatic N) is 2. The van der Waals surface area contributed by atoms with E-state index < -0.39 is 10.0 Å². The van der Waals surface area contributed by atoms with E-state index in [1.165, 1.54) is 16.9 Å². The Morgan fingerprint density at radius 2 is 1.70 bits per heavy atom. The predicted molar refractivity (Wildman–Crippen MR) is 93.1 cm³/mol. The highest BCUT2D eigenvalue weighted by Crippen LogP contribution is 2.28. The maximum Gasteiger partial charge on any atom is 0.276 e. The van der Waals surface area contributed by atoms with Crippen LogP contribution < -0.4 is 4.83 Å². The molecule has 3 rings (SSSR count). The molecule has 5 nitrogen and oxygen atoms in total. The molecule has 2 aromatic carbocycles. The number of benzene rings is 2. The van der Waals surface area contributed by atoms with Crippen molar-refractivity contribution in [3.05, 3.63) is 70.8 Å². The van der Waals surface area contributed by atoms with Gasteiger partial charge in [0.05, 0.1) is 15.6 Å². The van der Waals surface area contributed by atoms with Crippen LogP contribution in [0.4, 0.5) is 0 Å². The molecule has 0 fully saturated rings. The first kappa shape index (κ1) is 15.8. The fourth-order valence-electron chi connectivity index (χ4n) is 2.14. The number of aromatic nitrogens is 2. The Balaban J connectivity index is 2.01. The summed E-state index contributed by atoms with van der Waals surface area (Å²) in [6.07, 6.45) is 1.56. The van der Waals surface area contributed by atoms with Crippen molar-refractivity contribution in [3.8, 4) is 11.3 Å². The van der Waals surface area contributed by atoms with Gasteiger partial charge in [-0.05, 0) is 35.0 Å². The van der Waals surface area contributed by atoms with Gasteiger partial charge in [0.1, 0.15) is 5.69 Å². The molecule has 0 saturated heterocycles. The van der Waals surface area contributed by atoms with Crippen LogP contribution in [-0.4, -0.2) is 18.3 Å². The number of rotatable bonds is 4. The minimum absolute atomic E-state index is 0.182. The Morgan fingerprint density at radius 3 is 2.35 bits per heavy atom. The molecule has 23 heavy (non-hydrogen) atoms. The summed E-state index contributed by atoms with van der Waals surface area (Å²) in [7, 11) is -3.71. The molecule has 0 spiro atoms. The summed E-state index contributed by atoms with van der Waals surface area (Å²) in [6.45, 7) is 1.99. The highest BCUT2D eigenvalue weighted by atomic mass is 79.9. The molecule has 0 aliphatic carbocycles. The molecule has 0 radical (unpaired) electrons. The molecular formula is C16H14BrN3O2S. The smallest absolute Gasteiger partial charge is 0.200 e. The van der Waals surface area contributed by atoms with Gasteiger partial charge in [0.25, 0.3) is 10.0 Å². The first-order valence-electron chi connectivity index (χ1n) is 6.86. The SMILES string of the molecule is Cc1ccc(-c2c(Br)cnn2NS(=O)(=O)c2ccccc2)cc1. The van der Waals surface area contributed by atoms with E-state index in [9.17, 15) is 8.42 Å². The van der Waals surface area contributed by atoms with Crippen LogP contribution in [0.15, 0.2) is 70.2 Å². The van der Waals surface area contributed by atoms with Crippen molar-refractivity contribution < 1.29 is 8.42 Å². The summed E-state index contributed by atoms with van der Waals surface area (Å²) in [6, 6.07) is 16.0. The van der Waals surface area contributed by atoms with Crippen molar-refractivity contribution in [1.29, 1.82) is 0 Å². The third kappa shape index (κ3) is 3.30. The average Bonchev–Trinajstić information content (AvgIpc) is 2.89. The Bertz CT molecular complexity index is 920. The van der Waals surface area contributed by atoms with Crippen LogP contribution in [0.1, 0.15) is 5.56 Å². The zero-order valence-corrected chi connectivity index (χ0v) is 14.7. The number of aryl methyl sites for hydroxylation is 1. The molecule has 0 aliphatic rings. The van der Waals surface area contributed by atoms with E-state index in [1.54, 1.807) is 24.4 Å². The van der Waals surface area contributed by atoms with E-state index in [0.717, 1.165) is 11.1 Å². The summed E-state index contributed by atoms with van der Waals surface area (Å²) in [5.41, 5.74) is 2.63. The van der Waals surface area contributed by atoms with Gasteiger partial charge in [-0.3, -0.25) is 0 Å². The van der Waals surface area contributed by atoms with Crippen LogP contribution in [0, 0.1) is 6.92 Å². The van der Waals surface area contributed by atoms with Crippen LogP contribution in [0.2, 0.25) is 0 Å². The molecule has 0 saturated carbocycles. The van der Waals surface area contributed by atoms with Crippen molar-refractivity contribution >= 4 is 26.0 Å². The Hall–Kier alpha value is -2.12. The van der Waals surface area contributed by atoms with E-state index in [1.807, 2.05) is 31.2 Å². The monoisotopic (exact) mass is 391 g/mol. The lowest BCUT2D eigenvalue weighted by Crippen LogP contribution is -2.25. The quantitative estimate of drug-likeness (QED) is 0.739. The van der Waals surface area contributed by atoms with Gasteiger partial charge in [-0.2, -0.15) is 23.1 Å². The lowest BCUT2D eigenvalue weighted by Gasteiger charge is -2.11. The van der Waals surface area contributed by atoms with E-state index in [2.05, 4.69) is 25.9 Å². The second-order valence-corrected chi connectivity index (χ2v) is 7.54. The van der Waals surface area contributed by atoms with Crippen molar-refractivity contribution in [3.63, 3.8) is 0 Å². The van der Waals surface area contributed by atoms with Crippen molar-refractivity contribution in [2.75, 3.05) is 4.83 Å². The number of hydrogen-bond donors (Lipinski definition) is 1. The molecule has 3 aromatic rings. The topological polar surface area (TPSA) is 64.0 Å². The number of sulfonamides is 1. The summed E-state index contributed by atoms with van der Waals surface area (Å²) < 4.78 is 25.6. The van der Waals surface area contributed by atoms with E-state index >= 15 is 0 Å². The lowest BCUT2D eigenvalue weighted by atomic mass is 10.1. The highest BCUT2D eigenvalue weighted by molar-refractivity contribution is 9.10. The maximum absolute atomic E-state index is 12.5. The Labute approximate surface area is 143 Å². The molecule has 7 heteroatoms. The fraction of sp³-hybridized carbons (Fsp3) is 0.0625. The van der Waals surface area contributed by atoms with Crippen molar-refractivity contribution in [2.24, 2.45) is 0 Å². The second-order valence-electron chi connectivity index (χ2n) is 5.03. The molecule has 0 aliphatic heterocycles. The van der Waals surface area contributed by atoms with E-state index in [0.29, 0.717) is 10.2 Å². The third-order valence-corrected chi connectivity index (χ3v) is 5.20. The van der Waals surface area contributed by atoms with Gasteiger partial charge in [0.15, 0.2) is 0 Å². The van der Waals surface area contributed by atoms with Gasteiger partial charge in [0.2, 0.25) is 0 Å². The van der Waals surface area contributed by atoms with Crippen molar-refractivity contribution in [1.82, 2.24) is 9.89 Å². The van der Waals surface area contributed by atoms with Crippen LogP contribution in [0.3, 0.4) is 0 Å². The molecule has 118 valence electrons. The summed E-state index contributed by atoms with van der Waals surface area (Å²) in [5.74, 6) is 0. The second kappa shape index (κ2) is 6.17. The first-order valence-corrected chi connectivity index (χ1v) is 9.13. The summed E-state index contributed by atoms with van der Waals surface area (Å²) >= 11 is 3.42. The van der Waals surface area contributed by atoms with E-state index in [4.69, 9.17) is 0 Å². The average molecular weight is 392 g/mol. The molecule has 1 aromatic heterocycles. The van der Waals surface area contributed by atoms with Crippen LogP contribution in [-0.2, 0) is 10.0 Å². The Morgan fingerprint density at radius 1 is 1.04 bits per heavy atom. The zero-order valence-electron chi connectivity index (χ0n) is 12.3. The van der Waals surface area contributed by atoms with Gasteiger partial charge >= 0.3 is 0 Å². The normalized spacial score (nSPS) is 11.4. The standard InChI is InChI=1S/C16H14BrN3O2S/c1-12-7-9-13(10-8-12)16-15(17)11-18-20(16)19-23(21,22)14-5-3-2-4-6-14/h2-11,19H,1H3. The van der Waals surface area contributed by atoms with Crippen LogP contribution in [0.5, 0.6) is 0 Å². The minimum Gasteiger partial charge on any atom is -0.200 e. The molecule has 0 bridgehead atoms. The predicted octanol–water partition coefficient (Wildman–Crippen LogP) is 3.55. The maximum atomic E-state index is 12.5. The van der Waals surface area contributed by atoms with Gasteiger partial charge in [0, 0.05) is 5.56 Å². The van der Waals surface area contributed by atoms with Crippen LogP contribution >= 0.6 is 15.9 Å². The fourth-order valence-corrected chi connectivity index (χ4v) is 3.61. The summed E-state index contributed by atoms with van der Waals surface area (Å²) in [5, 5.41) is 4.10. The van der Waals surface area contributed by atoms with E-state index in [-0.39, 0.29) is 4.90 Å². The Kier molecular flexibility index (Phi) is 4.23. The molecule has 1 N–H and O–H groups in total. The number of halogens is 1. The molecule has 0 unspecified atom stereocenters. The van der Waals surface area contributed by atoms with Crippen molar-refractivity contribution in [2.45, 2.75) is 11.8 Å². The molecule has 1 heterocycles. The van der Waals surface area contributed by atoms with Crippen LogP contribution in [0.25, 0.3) is 11.3 Å². The molecular weight excluding hydrogens is 378 g/mol. The number of hydrogen-bond acceptors (Lipinski definition) is 3. The molecule has 0 atom stereocenters. The van der Waals surface area contributed by atoms with Gasteiger partial charge in [-0.25, -0.2) is 0 Å².